The van der Waals surface area contributed by atoms with Crippen LogP contribution >= 0.6 is 0 Å². The highest BCUT2D eigenvalue weighted by Crippen LogP contribution is 2.01. The molecule has 0 bridgehead atoms. The summed E-state index contributed by atoms with van der Waals surface area (Å²) in [7, 11) is 0. The number of carbonyl (C=O) groups excluding carboxylic acids is 1. The van der Waals surface area contributed by atoms with Crippen molar-refractivity contribution in [1.82, 2.24) is 0 Å². The molecule has 0 amide bonds. The third-order valence-corrected chi connectivity index (χ3v) is 1.52. The van der Waals surface area contributed by atoms with E-state index in [1.54, 1.807) is 6.92 Å². The van der Waals surface area contributed by atoms with Crippen molar-refractivity contribution in [3.8, 4) is 0 Å². The predicted octanol–water partition coefficient (Wildman–Crippen LogP) is 2.68. The zero-order valence-corrected chi connectivity index (χ0v) is 7.16. The third-order valence-electron chi connectivity index (χ3n) is 1.52. The summed E-state index contributed by atoms with van der Waals surface area (Å²) in [6.45, 7) is 1.59. The highest BCUT2D eigenvalue weighted by molar-refractivity contribution is 5.78. The van der Waals surface area contributed by atoms with Gasteiger partial charge in [0.25, 0.3) is 0 Å². The van der Waals surface area contributed by atoms with E-state index in [1.807, 2.05) is 42.5 Å². The Morgan fingerprint density at radius 3 is 2.58 bits per heavy atom. The normalized spacial score (nSPS) is 10.4. The van der Waals surface area contributed by atoms with E-state index in [2.05, 4.69) is 0 Å². The molecule has 1 rings (SSSR count). The SMILES string of the molecule is CC(=O)C/C=C/c1ccccc1. The average molecular weight is 160 g/mol. The number of hydrogen-bond acceptors (Lipinski definition) is 1. The Morgan fingerprint density at radius 2 is 2.00 bits per heavy atom. The van der Waals surface area contributed by atoms with Crippen LogP contribution in [0.15, 0.2) is 36.4 Å². The second-order valence-corrected chi connectivity index (χ2v) is 2.72. The lowest BCUT2D eigenvalue weighted by Gasteiger charge is -1.89. The Kier molecular flexibility index (Phi) is 3.27. The molecule has 0 aliphatic heterocycles. The van der Waals surface area contributed by atoms with Gasteiger partial charge in [0.15, 0.2) is 0 Å². The Bertz CT molecular complexity index is 272. The summed E-state index contributed by atoms with van der Waals surface area (Å²) in [4.78, 5) is 10.6. The number of hydrogen-bond donors (Lipinski definition) is 0. The number of ketones is 1. The molecule has 0 spiro atoms. The van der Waals surface area contributed by atoms with Gasteiger partial charge in [0.2, 0.25) is 0 Å². The first-order valence-electron chi connectivity index (χ1n) is 4.00. The van der Waals surface area contributed by atoms with Gasteiger partial charge in [-0.25, -0.2) is 0 Å². The van der Waals surface area contributed by atoms with E-state index in [4.69, 9.17) is 0 Å². The van der Waals surface area contributed by atoms with Gasteiger partial charge < -0.3 is 0 Å². The van der Waals surface area contributed by atoms with Crippen LogP contribution in [-0.4, -0.2) is 5.78 Å². The van der Waals surface area contributed by atoms with Gasteiger partial charge in [-0.05, 0) is 12.5 Å². The van der Waals surface area contributed by atoms with Crippen LogP contribution in [0.4, 0.5) is 0 Å². The fourth-order valence-electron chi connectivity index (χ4n) is 0.925. The second kappa shape index (κ2) is 4.50. The first-order valence-corrected chi connectivity index (χ1v) is 4.00. The first kappa shape index (κ1) is 8.72. The van der Waals surface area contributed by atoms with Gasteiger partial charge in [-0.2, -0.15) is 0 Å². The molecule has 0 unspecified atom stereocenters. The Labute approximate surface area is 72.7 Å². The van der Waals surface area contributed by atoms with Crippen LogP contribution in [0.5, 0.6) is 0 Å². The Hall–Kier alpha value is -1.37. The second-order valence-electron chi connectivity index (χ2n) is 2.72. The molecule has 1 heteroatoms. The molecule has 0 fully saturated rings. The lowest BCUT2D eigenvalue weighted by Crippen LogP contribution is -1.83. The molecular formula is C11H12O. The van der Waals surface area contributed by atoms with E-state index in [9.17, 15) is 4.79 Å². The molecule has 1 nitrogen and oxygen atoms in total. The molecule has 62 valence electrons. The van der Waals surface area contributed by atoms with E-state index in [0.717, 1.165) is 5.56 Å². The largest absolute Gasteiger partial charge is 0.300 e. The van der Waals surface area contributed by atoms with E-state index in [0.29, 0.717) is 6.42 Å². The van der Waals surface area contributed by atoms with Gasteiger partial charge in [-0.15, -0.1) is 0 Å². The van der Waals surface area contributed by atoms with Crippen molar-refractivity contribution in [2.45, 2.75) is 13.3 Å². The summed E-state index contributed by atoms with van der Waals surface area (Å²) >= 11 is 0. The molecule has 1 aromatic rings. The van der Waals surface area contributed by atoms with Crippen molar-refractivity contribution in [3.63, 3.8) is 0 Å². The minimum atomic E-state index is 0.196. The zero-order chi connectivity index (χ0) is 8.81. The van der Waals surface area contributed by atoms with E-state index in [-0.39, 0.29) is 5.78 Å². The molecule has 12 heavy (non-hydrogen) atoms. The van der Waals surface area contributed by atoms with Crippen LogP contribution in [0, 0.1) is 0 Å². The summed E-state index contributed by atoms with van der Waals surface area (Å²) in [5.41, 5.74) is 1.14. The van der Waals surface area contributed by atoms with Gasteiger partial charge in [-0.3, -0.25) is 4.79 Å². The molecule has 0 radical (unpaired) electrons. The maximum atomic E-state index is 10.6. The molecule has 0 saturated carbocycles. The summed E-state index contributed by atoms with van der Waals surface area (Å²) in [6.07, 6.45) is 4.37. The summed E-state index contributed by atoms with van der Waals surface area (Å²) in [5, 5.41) is 0. The van der Waals surface area contributed by atoms with E-state index in [1.165, 1.54) is 0 Å². The number of rotatable bonds is 3. The van der Waals surface area contributed by atoms with Gasteiger partial charge in [-0.1, -0.05) is 42.5 Å². The minimum absolute atomic E-state index is 0.196. The number of benzene rings is 1. The van der Waals surface area contributed by atoms with Crippen molar-refractivity contribution in [2.24, 2.45) is 0 Å². The molecule has 0 atom stereocenters. The minimum Gasteiger partial charge on any atom is -0.300 e. The van der Waals surface area contributed by atoms with Crippen LogP contribution < -0.4 is 0 Å². The summed E-state index contributed by atoms with van der Waals surface area (Å²) in [6, 6.07) is 9.95. The van der Waals surface area contributed by atoms with Crippen molar-refractivity contribution in [3.05, 3.63) is 42.0 Å². The van der Waals surface area contributed by atoms with Gasteiger partial charge in [0, 0.05) is 6.42 Å². The average Bonchev–Trinajstić information content (AvgIpc) is 2.05. The van der Waals surface area contributed by atoms with Gasteiger partial charge in [0.1, 0.15) is 5.78 Å². The highest BCUT2D eigenvalue weighted by Gasteiger charge is 1.86. The molecular weight excluding hydrogens is 148 g/mol. The maximum Gasteiger partial charge on any atom is 0.133 e. The van der Waals surface area contributed by atoms with Crippen molar-refractivity contribution in [2.75, 3.05) is 0 Å². The summed E-state index contributed by atoms with van der Waals surface area (Å²) < 4.78 is 0. The Morgan fingerprint density at radius 1 is 1.33 bits per heavy atom. The predicted molar refractivity (Wildman–Crippen MR) is 50.8 cm³/mol. The fraction of sp³-hybridized carbons (Fsp3) is 0.182. The Balaban J connectivity index is 2.52. The van der Waals surface area contributed by atoms with Gasteiger partial charge >= 0.3 is 0 Å². The van der Waals surface area contributed by atoms with Crippen LogP contribution in [0.3, 0.4) is 0 Å². The quantitative estimate of drug-likeness (QED) is 0.664. The molecule has 0 heterocycles. The third kappa shape index (κ3) is 3.15. The van der Waals surface area contributed by atoms with Crippen LogP contribution in [-0.2, 0) is 4.79 Å². The van der Waals surface area contributed by atoms with Crippen molar-refractivity contribution >= 4 is 11.9 Å². The van der Waals surface area contributed by atoms with Gasteiger partial charge in [0.05, 0.1) is 0 Å². The number of Topliss-reactive ketones (excluding diaryl/α,β-unsaturated/α-hetero) is 1. The van der Waals surface area contributed by atoms with Crippen LogP contribution in [0.25, 0.3) is 6.08 Å². The summed E-state index contributed by atoms with van der Waals surface area (Å²) in [5.74, 6) is 0.196. The highest BCUT2D eigenvalue weighted by atomic mass is 16.1. The smallest absolute Gasteiger partial charge is 0.133 e. The molecule has 0 aliphatic rings. The first-order chi connectivity index (χ1) is 5.79. The molecule has 0 aliphatic carbocycles. The van der Waals surface area contributed by atoms with E-state index >= 15 is 0 Å². The van der Waals surface area contributed by atoms with Crippen molar-refractivity contribution < 1.29 is 4.79 Å². The number of allylic oxidation sites excluding steroid dienone is 1. The van der Waals surface area contributed by atoms with Crippen LogP contribution in [0.2, 0.25) is 0 Å². The van der Waals surface area contributed by atoms with Crippen LogP contribution in [0.1, 0.15) is 18.9 Å². The lowest BCUT2D eigenvalue weighted by molar-refractivity contribution is -0.116. The zero-order valence-electron chi connectivity index (χ0n) is 7.16. The number of carbonyl (C=O) groups is 1. The van der Waals surface area contributed by atoms with Crippen molar-refractivity contribution in [1.29, 1.82) is 0 Å². The molecule has 0 saturated heterocycles. The topological polar surface area (TPSA) is 17.1 Å². The molecule has 0 N–H and O–H groups in total. The fourth-order valence-corrected chi connectivity index (χ4v) is 0.925. The maximum absolute atomic E-state index is 10.6. The lowest BCUT2D eigenvalue weighted by atomic mass is 10.2. The molecule has 1 aromatic carbocycles. The standard InChI is InChI=1S/C11H12O/c1-10(12)6-5-9-11-7-3-2-4-8-11/h2-5,7-9H,6H2,1H3/b9-5+. The monoisotopic (exact) mass is 160 g/mol. The van der Waals surface area contributed by atoms with E-state index < -0.39 is 0 Å². The molecule has 0 aromatic heterocycles.